The van der Waals surface area contributed by atoms with Crippen LogP contribution in [0.3, 0.4) is 0 Å². The molecule has 0 spiro atoms. The minimum atomic E-state index is -0.520. The Morgan fingerprint density at radius 3 is 3.15 bits per heavy atom. The fraction of sp³-hybridized carbons (Fsp3) is 0.333. The van der Waals surface area contributed by atoms with Crippen LogP contribution in [0.25, 0.3) is 0 Å². The lowest BCUT2D eigenvalue weighted by Crippen LogP contribution is -1.97. The molecule has 1 aromatic rings. The van der Waals surface area contributed by atoms with Crippen molar-refractivity contribution in [2.45, 2.75) is 18.9 Å². The van der Waals surface area contributed by atoms with Gasteiger partial charge in [-0.1, -0.05) is 11.6 Å². The molecule has 0 radical (unpaired) electrons. The number of aliphatic hydroxyl groups excluding tert-OH is 1. The van der Waals surface area contributed by atoms with Crippen LogP contribution in [0.1, 0.15) is 34.1 Å². The molecule has 1 aromatic heterocycles. The molecule has 0 saturated heterocycles. The van der Waals surface area contributed by atoms with Gasteiger partial charge in [0.05, 0.1) is 22.4 Å². The van der Waals surface area contributed by atoms with Crippen molar-refractivity contribution in [3.8, 4) is 0 Å². The highest BCUT2D eigenvalue weighted by Gasteiger charge is 2.25. The molecule has 0 fully saturated rings. The summed E-state index contributed by atoms with van der Waals surface area (Å²) in [7, 11) is 0. The van der Waals surface area contributed by atoms with Gasteiger partial charge in [0.1, 0.15) is 0 Å². The van der Waals surface area contributed by atoms with Crippen LogP contribution >= 0.6 is 11.6 Å². The number of fused-ring (bicyclic) bond motifs is 1. The highest BCUT2D eigenvalue weighted by atomic mass is 35.5. The molecule has 1 atom stereocenters. The van der Waals surface area contributed by atoms with E-state index in [1.807, 2.05) is 0 Å². The summed E-state index contributed by atoms with van der Waals surface area (Å²) in [4.78, 5) is 14.5. The maximum atomic E-state index is 10.5. The molecule has 0 bridgehead atoms. The first-order valence-corrected chi connectivity index (χ1v) is 4.42. The van der Waals surface area contributed by atoms with E-state index in [9.17, 15) is 9.90 Å². The lowest BCUT2D eigenvalue weighted by atomic mass is 10.1. The summed E-state index contributed by atoms with van der Waals surface area (Å²) in [6, 6.07) is 0. The molecule has 1 heterocycles. The van der Waals surface area contributed by atoms with Gasteiger partial charge in [0, 0.05) is 6.20 Å². The number of hydrogen-bond acceptors (Lipinski definition) is 3. The summed E-state index contributed by atoms with van der Waals surface area (Å²) in [6.45, 7) is 0. The fourth-order valence-corrected chi connectivity index (χ4v) is 1.87. The Kier molecular flexibility index (Phi) is 2.06. The Hall–Kier alpha value is -0.930. The number of aldehydes is 1. The molecule has 13 heavy (non-hydrogen) atoms. The number of rotatable bonds is 1. The summed E-state index contributed by atoms with van der Waals surface area (Å²) in [5, 5.41) is 9.90. The molecule has 0 aromatic carbocycles. The average Bonchev–Trinajstić information content (AvgIpc) is 2.50. The molecule has 68 valence electrons. The summed E-state index contributed by atoms with van der Waals surface area (Å²) in [6.07, 6.45) is 2.91. The number of hydrogen-bond donors (Lipinski definition) is 1. The third-order valence-electron chi connectivity index (χ3n) is 2.28. The van der Waals surface area contributed by atoms with Crippen LogP contribution in [0.15, 0.2) is 6.20 Å². The Bertz CT molecular complexity index is 365. The second-order valence-electron chi connectivity index (χ2n) is 3.06. The summed E-state index contributed by atoms with van der Waals surface area (Å²) >= 11 is 5.94. The third-order valence-corrected chi connectivity index (χ3v) is 2.73. The molecule has 1 aliphatic rings. The first-order chi connectivity index (χ1) is 6.24. The van der Waals surface area contributed by atoms with Gasteiger partial charge in [0.15, 0.2) is 6.29 Å². The van der Waals surface area contributed by atoms with Gasteiger partial charge in [-0.05, 0) is 18.4 Å². The van der Waals surface area contributed by atoms with E-state index in [4.69, 9.17) is 11.6 Å². The Labute approximate surface area is 80.4 Å². The third kappa shape index (κ3) is 1.24. The van der Waals surface area contributed by atoms with Crippen molar-refractivity contribution in [3.63, 3.8) is 0 Å². The number of aromatic nitrogens is 1. The molecule has 1 N–H and O–H groups in total. The Morgan fingerprint density at radius 1 is 1.69 bits per heavy atom. The lowest BCUT2D eigenvalue weighted by Gasteiger charge is -2.04. The van der Waals surface area contributed by atoms with E-state index in [0.717, 1.165) is 5.56 Å². The summed E-state index contributed by atoms with van der Waals surface area (Å²) in [5.74, 6) is 0. The molecule has 1 aliphatic carbocycles. The van der Waals surface area contributed by atoms with Crippen LogP contribution in [0.2, 0.25) is 5.02 Å². The lowest BCUT2D eigenvalue weighted by molar-refractivity contribution is 0.112. The smallest absolute Gasteiger partial charge is 0.153 e. The number of carbonyl (C=O) groups excluding carboxylic acids is 1. The van der Waals surface area contributed by atoms with Crippen LogP contribution in [-0.2, 0) is 6.42 Å². The SMILES string of the molecule is O=Cc1cnc2c(c1Cl)CC[C@H]2O. The number of halogens is 1. The molecule has 4 heteroatoms. The second-order valence-corrected chi connectivity index (χ2v) is 3.44. The number of carbonyl (C=O) groups is 1. The van der Waals surface area contributed by atoms with E-state index in [-0.39, 0.29) is 0 Å². The van der Waals surface area contributed by atoms with Crippen molar-refractivity contribution >= 4 is 17.9 Å². The monoisotopic (exact) mass is 197 g/mol. The number of nitrogens with zero attached hydrogens (tertiary/aromatic N) is 1. The van der Waals surface area contributed by atoms with E-state index in [2.05, 4.69) is 4.98 Å². The van der Waals surface area contributed by atoms with Crippen LogP contribution in [0, 0.1) is 0 Å². The van der Waals surface area contributed by atoms with Crippen LogP contribution in [0.4, 0.5) is 0 Å². The van der Waals surface area contributed by atoms with Gasteiger partial charge in [-0.25, -0.2) is 0 Å². The zero-order valence-electron chi connectivity index (χ0n) is 6.83. The molecule has 2 rings (SSSR count). The Morgan fingerprint density at radius 2 is 2.46 bits per heavy atom. The highest BCUT2D eigenvalue weighted by Crippen LogP contribution is 2.34. The predicted octanol–water partition coefficient (Wildman–Crippen LogP) is 1.53. The molecule has 0 amide bonds. The fourth-order valence-electron chi connectivity index (χ4n) is 1.59. The quantitative estimate of drug-likeness (QED) is 0.695. The van der Waals surface area contributed by atoms with Crippen LogP contribution in [-0.4, -0.2) is 16.4 Å². The molecule has 0 unspecified atom stereocenters. The standard InChI is InChI=1S/C9H8ClNO2/c10-8-5(4-12)3-11-9-6(8)1-2-7(9)13/h3-4,7,13H,1-2H2/t7-/m1/s1. The topological polar surface area (TPSA) is 50.2 Å². The maximum Gasteiger partial charge on any atom is 0.153 e. The first-order valence-electron chi connectivity index (χ1n) is 4.04. The predicted molar refractivity (Wildman–Crippen MR) is 47.9 cm³/mol. The van der Waals surface area contributed by atoms with E-state index in [1.54, 1.807) is 0 Å². The van der Waals surface area contributed by atoms with Gasteiger partial charge in [-0.3, -0.25) is 9.78 Å². The second kappa shape index (κ2) is 3.09. The summed E-state index contributed by atoms with van der Waals surface area (Å²) in [5.41, 5.74) is 1.84. The van der Waals surface area contributed by atoms with Gasteiger partial charge in [-0.15, -0.1) is 0 Å². The van der Waals surface area contributed by atoms with Gasteiger partial charge < -0.3 is 5.11 Å². The Balaban J connectivity index is 2.60. The number of pyridine rings is 1. The minimum Gasteiger partial charge on any atom is -0.387 e. The van der Waals surface area contributed by atoms with E-state index >= 15 is 0 Å². The molecule has 0 saturated carbocycles. The van der Waals surface area contributed by atoms with Crippen molar-refractivity contribution in [2.24, 2.45) is 0 Å². The molecular formula is C9H8ClNO2. The van der Waals surface area contributed by atoms with Crippen LogP contribution < -0.4 is 0 Å². The van der Waals surface area contributed by atoms with Crippen molar-refractivity contribution < 1.29 is 9.90 Å². The van der Waals surface area contributed by atoms with Gasteiger partial charge in [-0.2, -0.15) is 0 Å². The molecule has 3 nitrogen and oxygen atoms in total. The van der Waals surface area contributed by atoms with Crippen molar-refractivity contribution in [1.82, 2.24) is 4.98 Å². The zero-order valence-corrected chi connectivity index (χ0v) is 7.58. The normalized spacial score (nSPS) is 20.0. The average molecular weight is 198 g/mol. The highest BCUT2D eigenvalue weighted by molar-refractivity contribution is 6.33. The van der Waals surface area contributed by atoms with E-state index < -0.39 is 6.10 Å². The first kappa shape index (κ1) is 8.66. The zero-order chi connectivity index (χ0) is 9.42. The molecule has 0 aliphatic heterocycles. The largest absolute Gasteiger partial charge is 0.387 e. The van der Waals surface area contributed by atoms with Crippen molar-refractivity contribution in [1.29, 1.82) is 0 Å². The van der Waals surface area contributed by atoms with Gasteiger partial charge in [0.25, 0.3) is 0 Å². The van der Waals surface area contributed by atoms with Crippen molar-refractivity contribution in [2.75, 3.05) is 0 Å². The molecular weight excluding hydrogens is 190 g/mol. The van der Waals surface area contributed by atoms with Gasteiger partial charge >= 0.3 is 0 Å². The minimum absolute atomic E-state index is 0.398. The summed E-state index contributed by atoms with van der Waals surface area (Å²) < 4.78 is 0. The van der Waals surface area contributed by atoms with E-state index in [0.29, 0.717) is 35.4 Å². The maximum absolute atomic E-state index is 10.5. The van der Waals surface area contributed by atoms with Crippen LogP contribution in [0.5, 0.6) is 0 Å². The van der Waals surface area contributed by atoms with Crippen molar-refractivity contribution in [3.05, 3.63) is 28.0 Å². The number of aliphatic hydroxyl groups is 1. The van der Waals surface area contributed by atoms with Gasteiger partial charge in [0.2, 0.25) is 0 Å². The van der Waals surface area contributed by atoms with E-state index in [1.165, 1.54) is 6.20 Å².